The van der Waals surface area contributed by atoms with Crippen LogP contribution in [0.5, 0.6) is 5.75 Å². The van der Waals surface area contributed by atoms with E-state index in [1.807, 2.05) is 56.5 Å². The van der Waals surface area contributed by atoms with Gasteiger partial charge >= 0.3 is 0 Å². The number of thioether (sulfide) groups is 1. The number of para-hydroxylation sites is 1. The minimum absolute atomic E-state index is 0.110. The fourth-order valence-electron chi connectivity index (χ4n) is 2.85. The van der Waals surface area contributed by atoms with E-state index in [0.717, 1.165) is 21.7 Å². The Morgan fingerprint density at radius 2 is 1.68 bits per heavy atom. The van der Waals surface area contributed by atoms with Crippen LogP contribution in [-0.2, 0) is 14.8 Å². The van der Waals surface area contributed by atoms with Crippen LogP contribution < -0.4 is 14.8 Å². The molecule has 0 saturated carbocycles. The molecule has 0 aliphatic heterocycles. The molecule has 0 atom stereocenters. The summed E-state index contributed by atoms with van der Waals surface area (Å²) >= 11 is 1.54. The molecule has 0 saturated heterocycles. The van der Waals surface area contributed by atoms with Crippen LogP contribution in [0.1, 0.15) is 11.1 Å². The van der Waals surface area contributed by atoms with Gasteiger partial charge in [0.1, 0.15) is 5.75 Å². The van der Waals surface area contributed by atoms with Crippen molar-refractivity contribution < 1.29 is 17.9 Å². The van der Waals surface area contributed by atoms with Gasteiger partial charge in [0.15, 0.2) is 6.61 Å². The molecular formula is C23H24N2O4S2. The predicted octanol–water partition coefficient (Wildman–Crippen LogP) is 4.84. The molecule has 8 heteroatoms. The molecule has 0 unspecified atom stereocenters. The molecule has 6 nitrogen and oxygen atoms in total. The molecule has 162 valence electrons. The average molecular weight is 457 g/mol. The van der Waals surface area contributed by atoms with Crippen molar-refractivity contribution in [3.05, 3.63) is 77.9 Å². The van der Waals surface area contributed by atoms with Crippen LogP contribution in [0, 0.1) is 13.8 Å². The first-order valence-electron chi connectivity index (χ1n) is 9.54. The Bertz CT molecular complexity index is 1180. The number of benzene rings is 3. The van der Waals surface area contributed by atoms with E-state index < -0.39 is 10.0 Å². The van der Waals surface area contributed by atoms with Crippen LogP contribution in [0.2, 0.25) is 0 Å². The third kappa shape index (κ3) is 6.02. The molecular weight excluding hydrogens is 432 g/mol. The van der Waals surface area contributed by atoms with E-state index in [1.165, 1.54) is 36.0 Å². The number of hydrogen-bond donors (Lipinski definition) is 2. The van der Waals surface area contributed by atoms with E-state index >= 15 is 0 Å². The molecule has 3 rings (SSSR count). The fraction of sp³-hybridized carbons (Fsp3) is 0.174. The average Bonchev–Trinajstić information content (AvgIpc) is 2.75. The molecule has 0 spiro atoms. The van der Waals surface area contributed by atoms with Gasteiger partial charge < -0.3 is 10.1 Å². The van der Waals surface area contributed by atoms with Crippen molar-refractivity contribution in [3.63, 3.8) is 0 Å². The zero-order chi connectivity index (χ0) is 22.4. The minimum Gasteiger partial charge on any atom is -0.484 e. The second-order valence-corrected chi connectivity index (χ2v) is 9.46. The maximum atomic E-state index is 12.7. The van der Waals surface area contributed by atoms with Crippen LogP contribution in [-0.4, -0.2) is 27.2 Å². The highest BCUT2D eigenvalue weighted by Crippen LogP contribution is 2.25. The lowest BCUT2D eigenvalue weighted by Crippen LogP contribution is -2.20. The normalized spacial score (nSPS) is 11.1. The number of sulfonamides is 1. The summed E-state index contributed by atoms with van der Waals surface area (Å²) in [5.41, 5.74) is 3.07. The lowest BCUT2D eigenvalue weighted by atomic mass is 10.1. The standard InChI is InChI=1S/C23H24N2O4S2/c1-16-8-9-17(2)21(14-16)25-31(27,28)19-12-10-18(11-13-19)29-15-23(26)24-20-6-4-5-7-22(20)30-3/h4-14,25H,15H2,1-3H3,(H,24,26). The van der Waals surface area contributed by atoms with Crippen molar-refractivity contribution >= 4 is 39.1 Å². The predicted molar refractivity (Wildman–Crippen MR) is 126 cm³/mol. The molecule has 31 heavy (non-hydrogen) atoms. The van der Waals surface area contributed by atoms with Gasteiger partial charge in [-0.25, -0.2) is 8.42 Å². The summed E-state index contributed by atoms with van der Waals surface area (Å²) in [5, 5.41) is 2.81. The van der Waals surface area contributed by atoms with Crippen LogP contribution in [0.25, 0.3) is 0 Å². The molecule has 2 N–H and O–H groups in total. The topological polar surface area (TPSA) is 84.5 Å². The molecule has 0 aliphatic carbocycles. The van der Waals surface area contributed by atoms with Gasteiger partial charge in [0.2, 0.25) is 0 Å². The number of amides is 1. The number of anilines is 2. The Morgan fingerprint density at radius 3 is 2.39 bits per heavy atom. The van der Waals surface area contributed by atoms with Crippen molar-refractivity contribution in [1.82, 2.24) is 0 Å². The number of hydrogen-bond acceptors (Lipinski definition) is 5. The van der Waals surface area contributed by atoms with E-state index in [0.29, 0.717) is 11.4 Å². The molecule has 3 aromatic carbocycles. The van der Waals surface area contributed by atoms with Crippen molar-refractivity contribution in [2.45, 2.75) is 23.6 Å². The van der Waals surface area contributed by atoms with Crippen LogP contribution >= 0.6 is 11.8 Å². The minimum atomic E-state index is -3.74. The van der Waals surface area contributed by atoms with E-state index in [4.69, 9.17) is 4.74 Å². The van der Waals surface area contributed by atoms with Gasteiger partial charge in [0.25, 0.3) is 15.9 Å². The second kappa shape index (κ2) is 9.89. The Hall–Kier alpha value is -2.97. The van der Waals surface area contributed by atoms with Crippen LogP contribution in [0.3, 0.4) is 0 Å². The van der Waals surface area contributed by atoms with Crippen molar-refractivity contribution in [1.29, 1.82) is 0 Å². The summed E-state index contributed by atoms with van der Waals surface area (Å²) in [4.78, 5) is 13.3. The van der Waals surface area contributed by atoms with Crippen LogP contribution in [0.15, 0.2) is 76.5 Å². The zero-order valence-corrected chi connectivity index (χ0v) is 19.1. The second-order valence-electron chi connectivity index (χ2n) is 6.93. The van der Waals surface area contributed by atoms with E-state index in [9.17, 15) is 13.2 Å². The lowest BCUT2D eigenvalue weighted by molar-refractivity contribution is -0.118. The zero-order valence-electron chi connectivity index (χ0n) is 17.5. The van der Waals surface area contributed by atoms with E-state index in [-0.39, 0.29) is 17.4 Å². The van der Waals surface area contributed by atoms with Gasteiger partial charge in [-0.1, -0.05) is 24.3 Å². The van der Waals surface area contributed by atoms with Gasteiger partial charge in [0.05, 0.1) is 16.3 Å². The Morgan fingerprint density at radius 1 is 0.968 bits per heavy atom. The number of ether oxygens (including phenoxy) is 1. The molecule has 0 bridgehead atoms. The summed E-state index contributed by atoms with van der Waals surface area (Å²) in [6, 6.07) is 19.0. The highest BCUT2D eigenvalue weighted by atomic mass is 32.2. The van der Waals surface area contributed by atoms with Gasteiger partial charge in [-0.3, -0.25) is 9.52 Å². The first-order chi connectivity index (χ1) is 14.8. The van der Waals surface area contributed by atoms with Gasteiger partial charge in [-0.05, 0) is 73.7 Å². The largest absolute Gasteiger partial charge is 0.484 e. The molecule has 3 aromatic rings. The number of carbonyl (C=O) groups is 1. The quantitative estimate of drug-likeness (QED) is 0.474. The van der Waals surface area contributed by atoms with Gasteiger partial charge in [0, 0.05) is 4.90 Å². The number of rotatable bonds is 8. The lowest BCUT2D eigenvalue weighted by Gasteiger charge is -2.12. The SMILES string of the molecule is CSc1ccccc1NC(=O)COc1ccc(S(=O)(=O)Nc2cc(C)ccc2C)cc1. The van der Waals surface area contributed by atoms with Crippen molar-refractivity contribution in [2.24, 2.45) is 0 Å². The Kier molecular flexibility index (Phi) is 7.25. The fourth-order valence-corrected chi connectivity index (χ4v) is 4.52. The highest BCUT2D eigenvalue weighted by Gasteiger charge is 2.16. The Labute approximate surface area is 187 Å². The van der Waals surface area contributed by atoms with E-state index in [1.54, 1.807) is 6.07 Å². The third-order valence-electron chi connectivity index (χ3n) is 4.52. The molecule has 0 aromatic heterocycles. The van der Waals surface area contributed by atoms with Crippen LogP contribution in [0.4, 0.5) is 11.4 Å². The van der Waals surface area contributed by atoms with Gasteiger partial charge in [-0.15, -0.1) is 11.8 Å². The maximum Gasteiger partial charge on any atom is 0.262 e. The summed E-state index contributed by atoms with van der Waals surface area (Å²) < 4.78 is 33.5. The Balaban J connectivity index is 1.62. The van der Waals surface area contributed by atoms with Gasteiger partial charge in [-0.2, -0.15) is 0 Å². The van der Waals surface area contributed by atoms with E-state index in [2.05, 4.69) is 10.0 Å². The highest BCUT2D eigenvalue weighted by molar-refractivity contribution is 7.98. The first kappa shape index (κ1) is 22.7. The maximum absolute atomic E-state index is 12.7. The smallest absolute Gasteiger partial charge is 0.262 e. The summed E-state index contributed by atoms with van der Waals surface area (Å²) in [7, 11) is -3.74. The summed E-state index contributed by atoms with van der Waals surface area (Å²) in [5.74, 6) is 0.105. The third-order valence-corrected chi connectivity index (χ3v) is 6.70. The molecule has 0 aliphatic rings. The summed E-state index contributed by atoms with van der Waals surface area (Å²) in [6.45, 7) is 3.56. The number of nitrogens with one attached hydrogen (secondary N) is 2. The molecule has 0 heterocycles. The number of carbonyl (C=O) groups excluding carboxylic acids is 1. The van der Waals surface area contributed by atoms with Crippen molar-refractivity contribution in [2.75, 3.05) is 22.9 Å². The molecule has 0 fully saturated rings. The molecule has 1 amide bonds. The number of aryl methyl sites for hydroxylation is 2. The summed E-state index contributed by atoms with van der Waals surface area (Å²) in [6.07, 6.45) is 1.94. The monoisotopic (exact) mass is 456 g/mol. The molecule has 0 radical (unpaired) electrons. The van der Waals surface area contributed by atoms with Crippen molar-refractivity contribution in [3.8, 4) is 5.75 Å². The first-order valence-corrected chi connectivity index (χ1v) is 12.2.